The second kappa shape index (κ2) is 4.02. The van der Waals surface area contributed by atoms with Crippen molar-refractivity contribution < 1.29 is 4.74 Å². The van der Waals surface area contributed by atoms with Crippen molar-refractivity contribution in [3.05, 3.63) is 47.5 Å². The number of hydrogen-bond acceptors (Lipinski definition) is 2. The van der Waals surface area contributed by atoms with E-state index in [1.807, 2.05) is 0 Å². The zero-order chi connectivity index (χ0) is 13.7. The van der Waals surface area contributed by atoms with Gasteiger partial charge in [-0.2, -0.15) is 0 Å². The van der Waals surface area contributed by atoms with Crippen molar-refractivity contribution in [3.63, 3.8) is 0 Å². The zero-order valence-electron chi connectivity index (χ0n) is 12.0. The molecule has 2 nitrogen and oxygen atoms in total. The predicted octanol–water partition coefficient (Wildman–Crippen LogP) is 3.99. The number of fused-ring (bicyclic) bond motifs is 2. The topological polar surface area (TPSA) is 21.3 Å². The van der Waals surface area contributed by atoms with E-state index in [1.54, 1.807) is 0 Å². The molecule has 0 saturated carbocycles. The first kappa shape index (κ1) is 11.8. The van der Waals surface area contributed by atoms with Crippen molar-refractivity contribution in [1.82, 2.24) is 0 Å². The molecule has 20 heavy (non-hydrogen) atoms. The van der Waals surface area contributed by atoms with Gasteiger partial charge in [0.25, 0.3) is 0 Å². The van der Waals surface area contributed by atoms with E-state index in [-0.39, 0.29) is 5.41 Å². The lowest BCUT2D eigenvalue weighted by atomic mass is 9.85. The molecule has 4 rings (SSSR count). The van der Waals surface area contributed by atoms with Crippen LogP contribution in [0.3, 0.4) is 0 Å². The summed E-state index contributed by atoms with van der Waals surface area (Å²) in [6.07, 6.45) is 1.13. The predicted molar refractivity (Wildman–Crippen MR) is 82.6 cm³/mol. The van der Waals surface area contributed by atoms with Gasteiger partial charge in [0, 0.05) is 23.2 Å². The largest absolute Gasteiger partial charge is 0.492 e. The standard InChI is InChI=1S/C18H19NO/c1-18(2)11-20-17-6-4-13(10-15(17)18)12-3-5-16-14(9-12)7-8-19-16/h3-6,9-10,19H,7-8,11H2,1-2H3. The summed E-state index contributed by atoms with van der Waals surface area (Å²) in [4.78, 5) is 0. The Bertz CT molecular complexity index is 688. The van der Waals surface area contributed by atoms with Crippen LogP contribution < -0.4 is 10.1 Å². The highest BCUT2D eigenvalue weighted by Gasteiger charge is 2.31. The van der Waals surface area contributed by atoms with Crippen LogP contribution in [0.4, 0.5) is 5.69 Å². The van der Waals surface area contributed by atoms with E-state index in [2.05, 4.69) is 55.6 Å². The molecule has 0 aromatic heterocycles. The van der Waals surface area contributed by atoms with Crippen LogP contribution in [0.5, 0.6) is 5.75 Å². The van der Waals surface area contributed by atoms with Gasteiger partial charge in [-0.1, -0.05) is 26.0 Å². The maximum Gasteiger partial charge on any atom is 0.123 e. The van der Waals surface area contributed by atoms with Crippen LogP contribution in [0.15, 0.2) is 36.4 Å². The SMILES string of the molecule is CC1(C)COc2ccc(-c3ccc4c(c3)CCN4)cc21. The zero-order valence-corrected chi connectivity index (χ0v) is 12.0. The van der Waals surface area contributed by atoms with Crippen LogP contribution in [-0.4, -0.2) is 13.2 Å². The number of benzene rings is 2. The lowest BCUT2D eigenvalue weighted by Crippen LogP contribution is -2.18. The highest BCUT2D eigenvalue weighted by molar-refractivity contribution is 5.71. The molecule has 0 unspecified atom stereocenters. The molecule has 0 atom stereocenters. The Morgan fingerprint density at radius 3 is 2.75 bits per heavy atom. The molecule has 0 saturated heterocycles. The molecule has 0 amide bonds. The van der Waals surface area contributed by atoms with Crippen LogP contribution >= 0.6 is 0 Å². The van der Waals surface area contributed by atoms with E-state index in [1.165, 1.54) is 27.9 Å². The Balaban J connectivity index is 1.80. The molecule has 0 bridgehead atoms. The third-order valence-corrected chi connectivity index (χ3v) is 4.45. The van der Waals surface area contributed by atoms with Crippen LogP contribution in [0.25, 0.3) is 11.1 Å². The molecular formula is C18H19NO. The maximum atomic E-state index is 5.77. The third kappa shape index (κ3) is 1.71. The van der Waals surface area contributed by atoms with E-state index in [9.17, 15) is 0 Å². The fourth-order valence-corrected chi connectivity index (χ4v) is 3.18. The molecule has 0 spiro atoms. The summed E-state index contributed by atoms with van der Waals surface area (Å²) < 4.78 is 5.77. The van der Waals surface area contributed by atoms with Gasteiger partial charge in [-0.05, 0) is 47.4 Å². The monoisotopic (exact) mass is 265 g/mol. The molecule has 1 N–H and O–H groups in total. The van der Waals surface area contributed by atoms with Crippen molar-refractivity contribution in [2.45, 2.75) is 25.7 Å². The van der Waals surface area contributed by atoms with Gasteiger partial charge in [-0.15, -0.1) is 0 Å². The van der Waals surface area contributed by atoms with Gasteiger partial charge in [0.05, 0.1) is 6.61 Å². The second-order valence-electron chi connectivity index (χ2n) is 6.43. The number of nitrogens with one attached hydrogen (secondary N) is 1. The Morgan fingerprint density at radius 2 is 1.85 bits per heavy atom. The number of hydrogen-bond donors (Lipinski definition) is 1. The minimum Gasteiger partial charge on any atom is -0.492 e. The summed E-state index contributed by atoms with van der Waals surface area (Å²) in [6, 6.07) is 13.3. The maximum absolute atomic E-state index is 5.77. The average Bonchev–Trinajstić information content (AvgIpc) is 3.03. The van der Waals surface area contributed by atoms with Gasteiger partial charge in [-0.3, -0.25) is 0 Å². The van der Waals surface area contributed by atoms with Crippen molar-refractivity contribution in [2.24, 2.45) is 0 Å². The van der Waals surface area contributed by atoms with Gasteiger partial charge >= 0.3 is 0 Å². The molecule has 2 aliphatic rings. The lowest BCUT2D eigenvalue weighted by molar-refractivity contribution is 0.291. The second-order valence-corrected chi connectivity index (χ2v) is 6.43. The van der Waals surface area contributed by atoms with Crippen LogP contribution in [-0.2, 0) is 11.8 Å². The lowest BCUT2D eigenvalue weighted by Gasteiger charge is -2.16. The first-order valence-corrected chi connectivity index (χ1v) is 7.28. The summed E-state index contributed by atoms with van der Waals surface area (Å²) in [5, 5.41) is 3.41. The van der Waals surface area contributed by atoms with Gasteiger partial charge in [-0.25, -0.2) is 0 Å². The third-order valence-electron chi connectivity index (χ3n) is 4.45. The fraction of sp³-hybridized carbons (Fsp3) is 0.333. The number of anilines is 1. The molecule has 2 heterocycles. The Labute approximate surface area is 119 Å². The highest BCUT2D eigenvalue weighted by atomic mass is 16.5. The summed E-state index contributed by atoms with van der Waals surface area (Å²) in [6.45, 7) is 6.33. The summed E-state index contributed by atoms with van der Waals surface area (Å²) in [5.41, 5.74) is 6.75. The molecule has 102 valence electrons. The minimum atomic E-state index is 0.115. The summed E-state index contributed by atoms with van der Waals surface area (Å²) >= 11 is 0. The van der Waals surface area contributed by atoms with Crippen molar-refractivity contribution in [2.75, 3.05) is 18.5 Å². The smallest absolute Gasteiger partial charge is 0.123 e. The molecule has 0 radical (unpaired) electrons. The van der Waals surface area contributed by atoms with Crippen LogP contribution in [0.1, 0.15) is 25.0 Å². The van der Waals surface area contributed by atoms with Crippen LogP contribution in [0, 0.1) is 0 Å². The summed E-state index contributed by atoms with van der Waals surface area (Å²) in [5.74, 6) is 1.04. The first-order valence-electron chi connectivity index (χ1n) is 7.28. The van der Waals surface area contributed by atoms with Gasteiger partial charge in [0.1, 0.15) is 5.75 Å². The molecule has 0 fully saturated rings. The van der Waals surface area contributed by atoms with Crippen LogP contribution in [0.2, 0.25) is 0 Å². The van der Waals surface area contributed by atoms with Gasteiger partial charge in [0.2, 0.25) is 0 Å². The van der Waals surface area contributed by atoms with Crippen molar-refractivity contribution >= 4 is 5.69 Å². The molecule has 2 heteroatoms. The number of ether oxygens (including phenoxy) is 1. The van der Waals surface area contributed by atoms with E-state index < -0.39 is 0 Å². The van der Waals surface area contributed by atoms with Crippen molar-refractivity contribution in [3.8, 4) is 16.9 Å². The average molecular weight is 265 g/mol. The Morgan fingerprint density at radius 1 is 1.05 bits per heavy atom. The van der Waals surface area contributed by atoms with Crippen molar-refractivity contribution in [1.29, 1.82) is 0 Å². The first-order chi connectivity index (χ1) is 9.63. The molecule has 2 aromatic carbocycles. The molecule has 0 aliphatic carbocycles. The quantitative estimate of drug-likeness (QED) is 0.841. The minimum absolute atomic E-state index is 0.115. The van der Waals surface area contributed by atoms with E-state index in [4.69, 9.17) is 4.74 Å². The Hall–Kier alpha value is -1.96. The van der Waals surface area contributed by atoms with Gasteiger partial charge in [0.15, 0.2) is 0 Å². The molecule has 2 aliphatic heterocycles. The normalized spacial score (nSPS) is 18.1. The van der Waals surface area contributed by atoms with E-state index >= 15 is 0 Å². The molecule has 2 aromatic rings. The highest BCUT2D eigenvalue weighted by Crippen LogP contribution is 2.41. The Kier molecular flexibility index (Phi) is 2.38. The van der Waals surface area contributed by atoms with Gasteiger partial charge < -0.3 is 10.1 Å². The van der Waals surface area contributed by atoms with E-state index in [0.29, 0.717) is 0 Å². The van der Waals surface area contributed by atoms with E-state index in [0.717, 1.165) is 25.3 Å². The molecular weight excluding hydrogens is 246 g/mol. The fourth-order valence-electron chi connectivity index (χ4n) is 3.18. The number of rotatable bonds is 1. The summed E-state index contributed by atoms with van der Waals surface area (Å²) in [7, 11) is 0.